The second-order valence-corrected chi connectivity index (χ2v) is 7.65. The molecule has 1 aromatic rings. The summed E-state index contributed by atoms with van der Waals surface area (Å²) in [5.74, 6) is -1.47. The molecule has 2 unspecified atom stereocenters. The SMILES string of the molecule is CN1C2=C(C(=O)O)CC(=O)C1CC2S(=O)(=O)c1ccccc1. The first-order valence-electron chi connectivity index (χ1n) is 6.85. The fraction of sp³-hybridized carbons (Fsp3) is 0.333. The Morgan fingerprint density at radius 1 is 1.27 bits per heavy atom. The highest BCUT2D eigenvalue weighted by atomic mass is 32.2. The zero-order valence-electron chi connectivity index (χ0n) is 11.9. The second-order valence-electron chi connectivity index (χ2n) is 5.52. The lowest BCUT2D eigenvalue weighted by Crippen LogP contribution is -2.38. The minimum absolute atomic E-state index is 0.106. The number of likely N-dealkylation sites (N-methyl/N-ethyl adjacent to an activating group) is 1. The third kappa shape index (κ3) is 2.04. The van der Waals surface area contributed by atoms with E-state index in [1.54, 1.807) is 25.2 Å². The van der Waals surface area contributed by atoms with E-state index in [0.717, 1.165) is 0 Å². The quantitative estimate of drug-likeness (QED) is 0.887. The number of fused-ring (bicyclic) bond motifs is 2. The summed E-state index contributed by atoms with van der Waals surface area (Å²) >= 11 is 0. The van der Waals surface area contributed by atoms with Gasteiger partial charge in [-0.3, -0.25) is 4.79 Å². The Balaban J connectivity index is 2.15. The average molecular weight is 321 g/mol. The summed E-state index contributed by atoms with van der Waals surface area (Å²) in [4.78, 5) is 25.1. The molecular weight excluding hydrogens is 306 g/mol. The van der Waals surface area contributed by atoms with Crippen LogP contribution in [0, 0.1) is 0 Å². The van der Waals surface area contributed by atoms with E-state index in [9.17, 15) is 23.1 Å². The maximum Gasteiger partial charge on any atom is 0.333 e. The van der Waals surface area contributed by atoms with E-state index in [2.05, 4.69) is 0 Å². The molecule has 2 aliphatic rings. The van der Waals surface area contributed by atoms with Crippen LogP contribution < -0.4 is 0 Å². The Kier molecular flexibility index (Phi) is 3.32. The highest BCUT2D eigenvalue weighted by molar-refractivity contribution is 7.92. The summed E-state index contributed by atoms with van der Waals surface area (Å²) in [6.07, 6.45) is -0.0981. The molecule has 0 spiro atoms. The number of rotatable bonds is 3. The van der Waals surface area contributed by atoms with Crippen molar-refractivity contribution in [1.29, 1.82) is 0 Å². The highest BCUT2D eigenvalue weighted by Crippen LogP contribution is 2.41. The smallest absolute Gasteiger partial charge is 0.333 e. The van der Waals surface area contributed by atoms with Gasteiger partial charge in [0, 0.05) is 19.2 Å². The van der Waals surface area contributed by atoms with Crippen molar-refractivity contribution in [2.75, 3.05) is 7.05 Å². The van der Waals surface area contributed by atoms with Gasteiger partial charge in [0.2, 0.25) is 0 Å². The summed E-state index contributed by atoms with van der Waals surface area (Å²) in [5, 5.41) is 8.33. The van der Waals surface area contributed by atoms with Gasteiger partial charge in [0.25, 0.3) is 0 Å². The van der Waals surface area contributed by atoms with E-state index in [1.165, 1.54) is 17.0 Å². The van der Waals surface area contributed by atoms with Crippen LogP contribution in [-0.4, -0.2) is 48.5 Å². The first-order chi connectivity index (χ1) is 10.3. The number of ketones is 1. The van der Waals surface area contributed by atoms with Crippen LogP contribution in [0.4, 0.5) is 0 Å². The topological polar surface area (TPSA) is 91.8 Å². The number of carbonyl (C=O) groups is 2. The van der Waals surface area contributed by atoms with Crippen LogP contribution in [0.1, 0.15) is 12.8 Å². The normalized spacial score (nSPS) is 24.8. The predicted molar refractivity (Wildman–Crippen MR) is 77.9 cm³/mol. The Morgan fingerprint density at radius 3 is 2.50 bits per heavy atom. The zero-order valence-corrected chi connectivity index (χ0v) is 12.7. The lowest BCUT2D eigenvalue weighted by molar-refractivity contribution is -0.135. The van der Waals surface area contributed by atoms with Crippen LogP contribution in [0.3, 0.4) is 0 Å². The average Bonchev–Trinajstić information content (AvgIpc) is 2.73. The lowest BCUT2D eigenvalue weighted by Gasteiger charge is -2.28. The predicted octanol–water partition coefficient (Wildman–Crippen LogP) is 0.844. The summed E-state index contributed by atoms with van der Waals surface area (Å²) in [5.41, 5.74) is 0.145. The van der Waals surface area contributed by atoms with Crippen LogP contribution in [0.2, 0.25) is 0 Å². The summed E-state index contributed by atoms with van der Waals surface area (Å²) in [7, 11) is -2.15. The van der Waals surface area contributed by atoms with E-state index in [4.69, 9.17) is 0 Å². The van der Waals surface area contributed by atoms with Crippen molar-refractivity contribution < 1.29 is 23.1 Å². The van der Waals surface area contributed by atoms with Gasteiger partial charge in [-0.15, -0.1) is 0 Å². The molecule has 2 heterocycles. The molecule has 1 aromatic carbocycles. The Labute approximate surface area is 128 Å². The fourth-order valence-electron chi connectivity index (χ4n) is 3.24. The molecule has 1 N–H and O–H groups in total. The van der Waals surface area contributed by atoms with Crippen LogP contribution >= 0.6 is 0 Å². The first kappa shape index (κ1) is 14.8. The van der Waals surface area contributed by atoms with Gasteiger partial charge >= 0.3 is 5.97 Å². The first-order valence-corrected chi connectivity index (χ1v) is 8.39. The molecule has 1 saturated heterocycles. The van der Waals surface area contributed by atoms with Gasteiger partial charge in [-0.2, -0.15) is 0 Å². The maximum absolute atomic E-state index is 12.8. The molecule has 0 amide bonds. The summed E-state index contributed by atoms with van der Waals surface area (Å²) in [6, 6.07) is 7.37. The number of aliphatic carboxylic acids is 1. The Bertz CT molecular complexity index is 781. The molecule has 116 valence electrons. The molecule has 6 nitrogen and oxygen atoms in total. The number of hydrogen-bond acceptors (Lipinski definition) is 5. The van der Waals surface area contributed by atoms with Crippen molar-refractivity contribution in [3.05, 3.63) is 41.6 Å². The van der Waals surface area contributed by atoms with Gasteiger partial charge in [0.1, 0.15) is 5.25 Å². The van der Waals surface area contributed by atoms with Gasteiger partial charge in [-0.05, 0) is 18.6 Å². The maximum atomic E-state index is 12.8. The molecule has 1 fully saturated rings. The van der Waals surface area contributed by atoms with Crippen LogP contribution in [0.25, 0.3) is 0 Å². The molecule has 3 rings (SSSR count). The number of Topliss-reactive ketones (excluding diaryl/α,β-unsaturated/α-hetero) is 1. The summed E-state index contributed by atoms with van der Waals surface area (Å²) < 4.78 is 25.7. The van der Waals surface area contributed by atoms with Gasteiger partial charge in [-0.25, -0.2) is 13.2 Å². The van der Waals surface area contributed by atoms with E-state index in [0.29, 0.717) is 0 Å². The molecule has 2 atom stereocenters. The number of hydrogen-bond donors (Lipinski definition) is 1. The molecule has 0 aliphatic carbocycles. The van der Waals surface area contributed by atoms with Gasteiger partial charge in [0.15, 0.2) is 15.6 Å². The minimum atomic E-state index is -3.73. The second kappa shape index (κ2) is 4.95. The number of carboxylic acid groups (broad SMARTS) is 1. The number of nitrogens with zero attached hydrogens (tertiary/aromatic N) is 1. The van der Waals surface area contributed by atoms with E-state index in [1.807, 2.05) is 0 Å². The van der Waals surface area contributed by atoms with Crippen molar-refractivity contribution >= 4 is 21.6 Å². The standard InChI is InChI=1S/C15H15NO5S/c1-16-11-8-13(14(16)10(15(18)19)7-12(11)17)22(20,21)9-5-3-2-4-6-9/h2-6,11,13H,7-8H2,1H3,(H,18,19). The molecule has 0 aromatic heterocycles. The van der Waals surface area contributed by atoms with Gasteiger partial charge in [-0.1, -0.05) is 18.2 Å². The van der Waals surface area contributed by atoms with E-state index in [-0.39, 0.29) is 34.8 Å². The van der Waals surface area contributed by atoms with Crippen LogP contribution in [0.5, 0.6) is 0 Å². The Morgan fingerprint density at radius 2 is 1.91 bits per heavy atom. The Hall–Kier alpha value is -2.15. The molecule has 0 saturated carbocycles. The van der Waals surface area contributed by atoms with Crippen molar-refractivity contribution in [2.45, 2.75) is 29.0 Å². The van der Waals surface area contributed by atoms with Gasteiger partial charge in [0.05, 0.1) is 16.5 Å². The van der Waals surface area contributed by atoms with Crippen molar-refractivity contribution in [3.8, 4) is 0 Å². The van der Waals surface area contributed by atoms with E-state index >= 15 is 0 Å². The largest absolute Gasteiger partial charge is 0.478 e. The van der Waals surface area contributed by atoms with Gasteiger partial charge < -0.3 is 10.0 Å². The van der Waals surface area contributed by atoms with Crippen molar-refractivity contribution in [3.63, 3.8) is 0 Å². The van der Waals surface area contributed by atoms with Crippen LogP contribution in [-0.2, 0) is 19.4 Å². The molecule has 2 bridgehead atoms. The van der Waals surface area contributed by atoms with E-state index < -0.39 is 27.1 Å². The lowest BCUT2D eigenvalue weighted by atomic mass is 10.0. The number of sulfone groups is 1. The number of carbonyl (C=O) groups excluding carboxylic acids is 1. The molecule has 2 aliphatic heterocycles. The summed E-state index contributed by atoms with van der Waals surface area (Å²) in [6.45, 7) is 0. The van der Waals surface area contributed by atoms with Crippen molar-refractivity contribution in [2.24, 2.45) is 0 Å². The fourth-order valence-corrected chi connectivity index (χ4v) is 5.14. The highest BCUT2D eigenvalue weighted by Gasteiger charge is 2.50. The number of carboxylic acids is 1. The minimum Gasteiger partial charge on any atom is -0.478 e. The third-order valence-electron chi connectivity index (χ3n) is 4.33. The molecule has 22 heavy (non-hydrogen) atoms. The van der Waals surface area contributed by atoms with Crippen LogP contribution in [0.15, 0.2) is 46.5 Å². The monoisotopic (exact) mass is 321 g/mol. The molecule has 7 heteroatoms. The molecular formula is C15H15NO5S. The number of benzene rings is 1. The third-order valence-corrected chi connectivity index (χ3v) is 6.42. The zero-order chi connectivity index (χ0) is 16.1. The van der Waals surface area contributed by atoms with Crippen molar-refractivity contribution in [1.82, 2.24) is 4.90 Å². The molecule has 0 radical (unpaired) electrons.